The van der Waals surface area contributed by atoms with Gasteiger partial charge >= 0.3 is 0 Å². The lowest BCUT2D eigenvalue weighted by Gasteiger charge is -2.00. The minimum absolute atomic E-state index is 0.883. The summed E-state index contributed by atoms with van der Waals surface area (Å²) in [5.41, 5.74) is 2.83. The quantitative estimate of drug-likeness (QED) is 0.670. The van der Waals surface area contributed by atoms with Crippen LogP contribution in [-0.4, -0.2) is 9.78 Å². The van der Waals surface area contributed by atoms with Gasteiger partial charge in [0.15, 0.2) is 0 Å². The van der Waals surface area contributed by atoms with E-state index in [1.165, 1.54) is 11.1 Å². The lowest BCUT2D eigenvalue weighted by atomic mass is 10.1. The van der Waals surface area contributed by atoms with Gasteiger partial charge in [-0.15, -0.1) is 0 Å². The second-order valence-corrected chi connectivity index (χ2v) is 4.10. The maximum atomic E-state index is 4.16. The summed E-state index contributed by atoms with van der Waals surface area (Å²) in [4.78, 5) is 0. The smallest absolute Gasteiger partial charge is 0.0592 e. The highest BCUT2D eigenvalue weighted by atomic mass is 15.3. The van der Waals surface area contributed by atoms with Gasteiger partial charge in [0.05, 0.1) is 6.54 Å². The largest absolute Gasteiger partial charge is 0.269 e. The molecule has 0 atom stereocenters. The minimum Gasteiger partial charge on any atom is -0.269 e. The molecule has 0 aliphatic rings. The first-order valence-corrected chi connectivity index (χ1v) is 5.45. The third kappa shape index (κ3) is 5.21. The molecule has 0 fully saturated rings. The van der Waals surface area contributed by atoms with Crippen LogP contribution in [0.3, 0.4) is 0 Å². The van der Waals surface area contributed by atoms with Crippen molar-refractivity contribution < 1.29 is 0 Å². The lowest BCUT2D eigenvalue weighted by Crippen LogP contribution is -1.95. The average molecular weight is 204 g/mol. The highest BCUT2D eigenvalue weighted by Gasteiger charge is 1.90. The molecule has 0 spiro atoms. The summed E-state index contributed by atoms with van der Waals surface area (Å²) in [6, 6.07) is 1.95. The van der Waals surface area contributed by atoms with Gasteiger partial charge in [0, 0.05) is 12.4 Å². The fourth-order valence-electron chi connectivity index (χ4n) is 1.35. The van der Waals surface area contributed by atoms with Crippen LogP contribution < -0.4 is 0 Å². The molecule has 0 N–H and O–H groups in total. The van der Waals surface area contributed by atoms with Crippen molar-refractivity contribution >= 4 is 0 Å². The topological polar surface area (TPSA) is 17.8 Å². The molecule has 0 bridgehead atoms. The first-order chi connectivity index (χ1) is 7.18. The third-order valence-corrected chi connectivity index (χ3v) is 2.28. The Bertz CT molecular complexity index is 327. The zero-order chi connectivity index (χ0) is 11.1. The fraction of sp³-hybridized carbons (Fsp3) is 0.462. The highest BCUT2D eigenvalue weighted by Crippen LogP contribution is 2.06. The molecule has 0 aromatic carbocycles. The molecule has 0 saturated carbocycles. The second-order valence-electron chi connectivity index (χ2n) is 4.10. The van der Waals surface area contributed by atoms with Gasteiger partial charge in [-0.1, -0.05) is 23.3 Å². The van der Waals surface area contributed by atoms with E-state index < -0.39 is 0 Å². The maximum Gasteiger partial charge on any atom is 0.0592 e. The van der Waals surface area contributed by atoms with Crippen molar-refractivity contribution in [2.45, 2.75) is 40.2 Å². The van der Waals surface area contributed by atoms with Gasteiger partial charge in [0.1, 0.15) is 0 Å². The standard InChI is InChI=1S/C13H20N2/c1-12(2)6-4-7-13(3)8-11-15-10-5-9-14-15/h5-6,8-10H,4,7,11H2,1-3H3. The van der Waals surface area contributed by atoms with Gasteiger partial charge in [-0.3, -0.25) is 4.68 Å². The van der Waals surface area contributed by atoms with E-state index in [0.717, 1.165) is 19.4 Å². The van der Waals surface area contributed by atoms with Crippen molar-refractivity contribution in [2.24, 2.45) is 0 Å². The molecule has 1 aromatic heterocycles. The molecule has 0 aliphatic heterocycles. The summed E-state index contributed by atoms with van der Waals surface area (Å²) in [5, 5.41) is 4.16. The maximum absolute atomic E-state index is 4.16. The Balaban J connectivity index is 2.30. The van der Waals surface area contributed by atoms with Crippen LogP contribution in [-0.2, 0) is 6.54 Å². The van der Waals surface area contributed by atoms with Crippen molar-refractivity contribution in [3.05, 3.63) is 41.8 Å². The molecule has 1 aromatic rings. The molecule has 1 heterocycles. The zero-order valence-electron chi connectivity index (χ0n) is 9.90. The van der Waals surface area contributed by atoms with E-state index in [9.17, 15) is 0 Å². The Morgan fingerprint density at radius 3 is 2.67 bits per heavy atom. The molecule has 2 nitrogen and oxygen atoms in total. The summed E-state index contributed by atoms with van der Waals surface area (Å²) in [6.45, 7) is 7.35. The van der Waals surface area contributed by atoms with Gasteiger partial charge in [0.2, 0.25) is 0 Å². The Labute approximate surface area is 92.3 Å². The predicted octanol–water partition coefficient (Wildman–Crippen LogP) is 3.58. The number of hydrogen-bond donors (Lipinski definition) is 0. The van der Waals surface area contributed by atoms with Crippen LogP contribution in [0.2, 0.25) is 0 Å². The molecule has 2 heteroatoms. The van der Waals surface area contributed by atoms with Gasteiger partial charge in [-0.2, -0.15) is 5.10 Å². The van der Waals surface area contributed by atoms with Gasteiger partial charge in [-0.05, 0) is 39.7 Å². The van der Waals surface area contributed by atoms with E-state index >= 15 is 0 Å². The average Bonchev–Trinajstić information content (AvgIpc) is 2.66. The van der Waals surface area contributed by atoms with E-state index in [1.807, 2.05) is 23.1 Å². The monoisotopic (exact) mass is 204 g/mol. The molecule has 1 rings (SSSR count). The van der Waals surface area contributed by atoms with Crippen molar-refractivity contribution in [3.8, 4) is 0 Å². The third-order valence-electron chi connectivity index (χ3n) is 2.28. The Hall–Kier alpha value is -1.31. The summed E-state index contributed by atoms with van der Waals surface area (Å²) in [6.07, 6.45) is 10.6. The molecule has 15 heavy (non-hydrogen) atoms. The molecule has 0 saturated heterocycles. The van der Waals surface area contributed by atoms with Crippen LogP contribution >= 0.6 is 0 Å². The number of allylic oxidation sites excluding steroid dienone is 4. The summed E-state index contributed by atoms with van der Waals surface area (Å²) in [5.74, 6) is 0. The number of aromatic nitrogens is 2. The molecule has 0 amide bonds. The van der Waals surface area contributed by atoms with E-state index in [4.69, 9.17) is 0 Å². The highest BCUT2D eigenvalue weighted by molar-refractivity contribution is 5.02. The van der Waals surface area contributed by atoms with Crippen molar-refractivity contribution in [1.82, 2.24) is 9.78 Å². The molecule has 82 valence electrons. The molecule has 0 aliphatic carbocycles. The Morgan fingerprint density at radius 2 is 2.07 bits per heavy atom. The first kappa shape index (κ1) is 11.8. The summed E-state index contributed by atoms with van der Waals surface area (Å²) < 4.78 is 1.93. The normalized spacial score (nSPS) is 11.5. The molecular weight excluding hydrogens is 184 g/mol. The van der Waals surface area contributed by atoms with E-state index in [2.05, 4.69) is 38.0 Å². The van der Waals surface area contributed by atoms with E-state index in [-0.39, 0.29) is 0 Å². The van der Waals surface area contributed by atoms with Crippen LogP contribution in [0, 0.1) is 0 Å². The summed E-state index contributed by atoms with van der Waals surface area (Å²) in [7, 11) is 0. The number of hydrogen-bond acceptors (Lipinski definition) is 1. The second kappa shape index (κ2) is 6.23. The Morgan fingerprint density at radius 1 is 1.27 bits per heavy atom. The van der Waals surface area contributed by atoms with E-state index in [0.29, 0.717) is 0 Å². The van der Waals surface area contributed by atoms with Crippen LogP contribution in [0.4, 0.5) is 0 Å². The SMILES string of the molecule is CC(C)=CCCC(C)=CCn1cccn1. The minimum atomic E-state index is 0.883. The lowest BCUT2D eigenvalue weighted by molar-refractivity contribution is 0.696. The predicted molar refractivity (Wildman–Crippen MR) is 64.6 cm³/mol. The Kier molecular flexibility index (Phi) is 4.88. The molecule has 0 radical (unpaired) electrons. The van der Waals surface area contributed by atoms with Crippen LogP contribution in [0.5, 0.6) is 0 Å². The van der Waals surface area contributed by atoms with Crippen molar-refractivity contribution in [1.29, 1.82) is 0 Å². The summed E-state index contributed by atoms with van der Waals surface area (Å²) >= 11 is 0. The zero-order valence-corrected chi connectivity index (χ0v) is 9.90. The molecular formula is C13H20N2. The van der Waals surface area contributed by atoms with E-state index in [1.54, 1.807) is 0 Å². The fourth-order valence-corrected chi connectivity index (χ4v) is 1.35. The van der Waals surface area contributed by atoms with Gasteiger partial charge in [-0.25, -0.2) is 0 Å². The van der Waals surface area contributed by atoms with Crippen LogP contribution in [0.25, 0.3) is 0 Å². The number of nitrogens with zero attached hydrogens (tertiary/aromatic N) is 2. The van der Waals surface area contributed by atoms with Gasteiger partial charge < -0.3 is 0 Å². The van der Waals surface area contributed by atoms with Crippen molar-refractivity contribution in [3.63, 3.8) is 0 Å². The van der Waals surface area contributed by atoms with Crippen LogP contribution in [0.1, 0.15) is 33.6 Å². The molecule has 0 unspecified atom stereocenters. The first-order valence-electron chi connectivity index (χ1n) is 5.45. The van der Waals surface area contributed by atoms with Crippen LogP contribution in [0.15, 0.2) is 41.8 Å². The van der Waals surface area contributed by atoms with Crippen molar-refractivity contribution in [2.75, 3.05) is 0 Å². The number of rotatable bonds is 5. The van der Waals surface area contributed by atoms with Gasteiger partial charge in [0.25, 0.3) is 0 Å².